The van der Waals surface area contributed by atoms with Gasteiger partial charge < -0.3 is 64.8 Å². The molecule has 6 aromatic carbocycles. The molecule has 15 rings (SSSR count). The first-order chi connectivity index (χ1) is 57.9. The summed E-state index contributed by atoms with van der Waals surface area (Å²) in [4.78, 5) is 148. The van der Waals surface area contributed by atoms with Gasteiger partial charge in [-0.15, -0.1) is 23.5 Å². The number of aryl methyl sites for hydroxylation is 2. The fraction of sp³-hybridized carbons (Fsp3) is 0.495. The van der Waals surface area contributed by atoms with Crippen molar-refractivity contribution in [3.8, 4) is 0 Å². The molecule has 0 radical (unpaired) electrons. The summed E-state index contributed by atoms with van der Waals surface area (Å²) in [5, 5.41) is 4.21. The van der Waals surface area contributed by atoms with Gasteiger partial charge in [0.25, 0.3) is 0 Å². The predicted octanol–water partition coefficient (Wildman–Crippen LogP) is 14.7. The number of amides is 12. The molecule has 0 saturated carbocycles. The van der Waals surface area contributed by atoms with E-state index < -0.39 is 67.6 Å². The maximum absolute atomic E-state index is 14.8. The minimum absolute atomic E-state index is 0. The van der Waals surface area contributed by atoms with Gasteiger partial charge in [0.2, 0.25) is 35.4 Å². The van der Waals surface area contributed by atoms with E-state index >= 15 is 0 Å². The standard InChI is InChI=1S/C31H38N4O5S.C31H40N4O3S.C29H34F2N4O5S.H2/c1-20(2)17-25(30(38)40-3)35-28(37)26(41-29(35)21-9-5-4-6-10-21)18-27(36)33-15-13-23(14-16-33)34-19-22-11-7-8-12-24(22)32-31(34)39;1-20(2)11-16-34-29(37)27(39-30(34)23-10-9-21(3)22(4)17-23)18-28(36)33-14-12-25(13-15-33)35-19-24-7-5-6-8-26(24)32-31(35)38;1-18(2)9-14-34-27(37)25(41(39,40)28(34)22-8-7-20(30)15-23(22)31)16-26(36)33-12-10-21(11-13-33)35-17-19-5-3-4-6-24(19)32-29(35)38;/h4-12,20,23,25-26,29H,13-19H2,1-3H3,(H,32,39);5-10,17,20,25,27,30H,11-16,18-19H2,1-4H3,(H,32,38);3-8,15,18,21,25,28H,9-14,16-17H2,1-2H3,(H,32,38);1H/t25-,26?,29?;;;/m0.../s1. The molecule has 7 atom stereocenters. The molecule has 6 fully saturated rings. The van der Waals surface area contributed by atoms with Crippen molar-refractivity contribution in [2.75, 3.05) is 75.4 Å². The second kappa shape index (κ2) is 39.0. The van der Waals surface area contributed by atoms with Crippen molar-refractivity contribution in [3.05, 3.63) is 196 Å². The number of benzene rings is 6. The number of nitrogens with zero attached hydrogens (tertiary/aromatic N) is 9. The van der Waals surface area contributed by atoms with E-state index in [4.69, 9.17) is 4.74 Å². The molecule has 6 saturated heterocycles. The Labute approximate surface area is 718 Å². The van der Waals surface area contributed by atoms with E-state index in [1.54, 1.807) is 21.6 Å². The second-order valence-electron chi connectivity index (χ2n) is 34.2. The van der Waals surface area contributed by atoms with Crippen LogP contribution in [0.15, 0.2) is 140 Å². The van der Waals surface area contributed by atoms with Crippen LogP contribution in [0.2, 0.25) is 0 Å². The summed E-state index contributed by atoms with van der Waals surface area (Å²) in [6, 6.07) is 40.9. The zero-order valence-corrected chi connectivity index (χ0v) is 72.8. The lowest BCUT2D eigenvalue weighted by Crippen LogP contribution is -2.51. The van der Waals surface area contributed by atoms with Crippen LogP contribution in [0, 0.1) is 43.2 Å². The van der Waals surface area contributed by atoms with Crippen LogP contribution in [0.4, 0.5) is 40.2 Å². The van der Waals surface area contributed by atoms with Gasteiger partial charge in [-0.05, 0) is 153 Å². The number of urea groups is 3. The highest BCUT2D eigenvalue weighted by Gasteiger charge is 2.56. The van der Waals surface area contributed by atoms with Gasteiger partial charge in [-0.2, -0.15) is 0 Å². The molecule has 3 N–H and O–H groups in total. The maximum Gasteiger partial charge on any atom is 0.328 e. The molecular formula is C91H114F2N12O13S3. The summed E-state index contributed by atoms with van der Waals surface area (Å²) in [5.41, 5.74) is 9.93. The molecule has 25 nitrogen and oxygen atoms in total. The smallest absolute Gasteiger partial charge is 0.328 e. The molecule has 121 heavy (non-hydrogen) atoms. The number of esters is 1. The quantitative estimate of drug-likeness (QED) is 0.0533. The molecule has 9 aliphatic rings. The number of nitrogens with one attached hydrogen (secondary N) is 3. The first-order valence-corrected chi connectivity index (χ1v) is 45.9. The van der Waals surface area contributed by atoms with Crippen molar-refractivity contribution in [2.24, 2.45) is 17.8 Å². The van der Waals surface area contributed by atoms with Crippen LogP contribution in [0.1, 0.15) is 181 Å². The zero-order valence-electron chi connectivity index (χ0n) is 70.4. The number of likely N-dealkylation sites (tertiary alicyclic amines) is 3. The number of sulfone groups is 1. The molecule has 6 aromatic rings. The first-order valence-electron chi connectivity index (χ1n) is 42.4. The number of piperidine rings is 3. The Hall–Kier alpha value is -10.1. The topological polar surface area (TPSA) is 279 Å². The molecule has 0 aliphatic carbocycles. The minimum atomic E-state index is -4.35. The first kappa shape index (κ1) is 88.7. The fourth-order valence-electron chi connectivity index (χ4n) is 17.6. The lowest BCUT2D eigenvalue weighted by atomic mass is 10.00. The van der Waals surface area contributed by atoms with Gasteiger partial charge >= 0.3 is 24.1 Å². The molecule has 12 amide bonds. The summed E-state index contributed by atoms with van der Waals surface area (Å²) in [7, 11) is -3.01. The van der Waals surface area contributed by atoms with Crippen LogP contribution in [0.5, 0.6) is 0 Å². The van der Waals surface area contributed by atoms with Crippen LogP contribution in [-0.4, -0.2) is 211 Å². The molecule has 648 valence electrons. The Bertz CT molecular complexity index is 4950. The van der Waals surface area contributed by atoms with Crippen LogP contribution in [0.25, 0.3) is 0 Å². The lowest BCUT2D eigenvalue weighted by molar-refractivity contribution is -0.153. The Balaban J connectivity index is 0.000000167. The number of para-hydroxylation sites is 3. The van der Waals surface area contributed by atoms with Crippen molar-refractivity contribution in [1.82, 2.24) is 44.1 Å². The third kappa shape index (κ3) is 20.3. The van der Waals surface area contributed by atoms with Gasteiger partial charge in [-0.3, -0.25) is 28.8 Å². The largest absolute Gasteiger partial charge is 0.467 e. The average Bonchev–Trinajstić information content (AvgIpc) is 1.58. The van der Waals surface area contributed by atoms with Crippen molar-refractivity contribution in [2.45, 2.75) is 208 Å². The van der Waals surface area contributed by atoms with Crippen molar-refractivity contribution in [3.63, 3.8) is 0 Å². The number of hydrogen-bond donors (Lipinski definition) is 3. The summed E-state index contributed by atoms with van der Waals surface area (Å²) >= 11 is 3.06. The molecule has 0 aromatic heterocycles. The summed E-state index contributed by atoms with van der Waals surface area (Å²) in [6.07, 6.45) is 5.53. The predicted molar refractivity (Wildman–Crippen MR) is 465 cm³/mol. The van der Waals surface area contributed by atoms with E-state index in [0.717, 1.165) is 81.2 Å². The number of methoxy groups -OCH3 is 1. The Morgan fingerprint density at radius 3 is 1.36 bits per heavy atom. The lowest BCUT2D eigenvalue weighted by Gasteiger charge is -2.40. The molecule has 6 unspecified atom stereocenters. The Morgan fingerprint density at radius 1 is 0.488 bits per heavy atom. The number of anilines is 3. The SMILES string of the molecule is CC(C)CCN1C(=O)C(CC(=O)N2CCC(N3Cc4ccccc4NC3=O)CC2)S(=O)(=O)C1c1ccc(F)cc1F.COC(=O)[C@H](CC(C)C)N1C(=O)C(CC(=O)N2CCC(N3Cc4ccccc4NC3=O)CC2)SC1c1ccccc1.Cc1ccc(C2SC(CC(=O)N3CCC(N4Cc5ccccc5NC4=O)CC3)C(=O)N2CCC(C)C)cc1C.[HH]. The number of halogens is 2. The third-order valence-corrected chi connectivity index (χ3v) is 30.0. The second-order valence-corrected chi connectivity index (χ2v) is 39.0. The molecule has 9 heterocycles. The normalized spacial score (nSPS) is 22.2. The summed E-state index contributed by atoms with van der Waals surface area (Å²) in [5.74, 6) is -2.92. The molecule has 30 heteroatoms. The monoisotopic (exact) mass is 1720 g/mol. The third-order valence-electron chi connectivity index (χ3n) is 24.7. The number of hydrogen-bond acceptors (Lipinski definition) is 15. The average molecular weight is 1720 g/mol. The van der Waals surface area contributed by atoms with Gasteiger partial charge in [-0.25, -0.2) is 36.4 Å². The van der Waals surface area contributed by atoms with Crippen molar-refractivity contribution >= 4 is 110 Å². The van der Waals surface area contributed by atoms with Gasteiger partial charge in [0.15, 0.2) is 20.5 Å². The fourth-order valence-corrected chi connectivity index (χ4v) is 22.8. The van der Waals surface area contributed by atoms with Crippen molar-refractivity contribution < 1.29 is 71.3 Å². The Kier molecular flexibility index (Phi) is 28.6. The van der Waals surface area contributed by atoms with Gasteiger partial charge in [0.05, 0.1) is 24.0 Å². The Morgan fingerprint density at radius 2 is 0.917 bits per heavy atom. The van der Waals surface area contributed by atoms with E-state index in [-0.39, 0.29) is 114 Å². The summed E-state index contributed by atoms with van der Waals surface area (Å²) in [6.45, 7) is 21.7. The minimum Gasteiger partial charge on any atom is -0.467 e. The number of fused-ring (bicyclic) bond motifs is 3. The van der Waals surface area contributed by atoms with E-state index in [2.05, 4.69) is 61.8 Å². The molecule has 0 bridgehead atoms. The van der Waals surface area contributed by atoms with Crippen LogP contribution < -0.4 is 16.0 Å². The summed E-state index contributed by atoms with van der Waals surface area (Å²) < 4.78 is 60.8. The number of rotatable bonds is 22. The highest BCUT2D eigenvalue weighted by atomic mass is 32.2. The van der Waals surface area contributed by atoms with E-state index in [1.165, 1.54) is 34.9 Å². The molecule has 9 aliphatic heterocycles. The van der Waals surface area contributed by atoms with Crippen LogP contribution in [-0.2, 0) is 67.8 Å². The maximum atomic E-state index is 14.8. The number of thioether (sulfide) groups is 2. The van der Waals surface area contributed by atoms with Crippen LogP contribution >= 0.6 is 23.5 Å². The number of ether oxygens (including phenoxy) is 1. The molecule has 0 spiro atoms. The van der Waals surface area contributed by atoms with Crippen LogP contribution in [0.3, 0.4) is 0 Å². The van der Waals surface area contributed by atoms with Gasteiger partial charge in [0.1, 0.15) is 28.4 Å². The van der Waals surface area contributed by atoms with Crippen molar-refractivity contribution in [1.29, 1.82) is 0 Å². The highest BCUT2D eigenvalue weighted by molar-refractivity contribution is 8.01. The highest BCUT2D eigenvalue weighted by Crippen LogP contribution is 2.49. The van der Waals surface area contributed by atoms with Gasteiger partial charge in [-0.1, -0.05) is 151 Å². The van der Waals surface area contributed by atoms with Gasteiger partial charge in [0, 0.05) is 133 Å². The number of carbonyl (C=O) groups excluding carboxylic acids is 10. The van der Waals surface area contributed by atoms with E-state index in [1.807, 2.05) is 155 Å². The zero-order chi connectivity index (χ0) is 86.3. The molecular weight excluding hydrogens is 1600 g/mol. The van der Waals surface area contributed by atoms with E-state index in [9.17, 15) is 65.1 Å². The number of carbonyl (C=O) groups is 10. The van der Waals surface area contributed by atoms with E-state index in [0.29, 0.717) is 116 Å².